The van der Waals surface area contributed by atoms with E-state index in [0.29, 0.717) is 17.8 Å². The fourth-order valence-corrected chi connectivity index (χ4v) is 3.35. The number of amides is 1. The molecule has 21 heavy (non-hydrogen) atoms. The molecular weight excluding hydrogens is 288 g/mol. The van der Waals surface area contributed by atoms with Crippen LogP contribution in [0, 0.1) is 0 Å². The topological polar surface area (TPSA) is 50.2 Å². The monoisotopic (exact) mass is 312 g/mol. The molecule has 0 bridgehead atoms. The maximum atomic E-state index is 12.5. The highest BCUT2D eigenvalue weighted by Gasteiger charge is 2.26. The van der Waals surface area contributed by atoms with E-state index in [-0.39, 0.29) is 18.3 Å². The molecule has 1 amide bonds. The molecule has 1 atom stereocenters. The summed E-state index contributed by atoms with van der Waals surface area (Å²) in [6, 6.07) is 2.66. The number of halogens is 1. The summed E-state index contributed by atoms with van der Waals surface area (Å²) in [5.74, 6) is 0.0689. The van der Waals surface area contributed by atoms with Crippen LogP contribution < -0.4 is 5.32 Å². The molecule has 0 aromatic carbocycles. The fraction of sp³-hybridized carbons (Fsp3) is 0.733. The minimum Gasteiger partial charge on any atom is -0.337 e. The number of hydrogen-bond donors (Lipinski definition) is 1. The molecule has 0 radical (unpaired) electrons. The third kappa shape index (κ3) is 3.58. The van der Waals surface area contributed by atoms with Gasteiger partial charge in [-0.25, -0.2) is 0 Å². The smallest absolute Gasteiger partial charge is 0.274 e. The molecule has 5 nitrogen and oxygen atoms in total. The van der Waals surface area contributed by atoms with Crippen molar-refractivity contribution in [2.45, 2.75) is 50.6 Å². The van der Waals surface area contributed by atoms with Crippen molar-refractivity contribution >= 4 is 18.3 Å². The molecule has 1 unspecified atom stereocenters. The zero-order valence-electron chi connectivity index (χ0n) is 12.6. The van der Waals surface area contributed by atoms with E-state index in [1.807, 2.05) is 28.9 Å². The van der Waals surface area contributed by atoms with Gasteiger partial charge in [0.2, 0.25) is 0 Å². The molecule has 6 heteroatoms. The van der Waals surface area contributed by atoms with E-state index in [2.05, 4.69) is 10.4 Å². The SMILES string of the molecule is CN(C(=O)c1ccn(C2CCCNC2)n1)C1CCCC1.Cl. The summed E-state index contributed by atoms with van der Waals surface area (Å²) in [5, 5.41) is 7.89. The molecule has 1 saturated heterocycles. The highest BCUT2D eigenvalue weighted by atomic mass is 35.5. The molecule has 2 heterocycles. The van der Waals surface area contributed by atoms with Crippen LogP contribution in [-0.4, -0.2) is 46.8 Å². The van der Waals surface area contributed by atoms with Gasteiger partial charge in [0.25, 0.3) is 5.91 Å². The first-order valence-corrected chi connectivity index (χ1v) is 7.79. The minimum atomic E-state index is 0. The summed E-state index contributed by atoms with van der Waals surface area (Å²) in [7, 11) is 1.92. The predicted octanol–water partition coefficient (Wildman–Crippen LogP) is 2.24. The van der Waals surface area contributed by atoms with Gasteiger partial charge in [0.05, 0.1) is 6.04 Å². The lowest BCUT2D eigenvalue weighted by molar-refractivity contribution is 0.0727. The van der Waals surface area contributed by atoms with Crippen LogP contribution in [0.5, 0.6) is 0 Å². The Hall–Kier alpha value is -1.07. The Morgan fingerprint density at radius 1 is 1.33 bits per heavy atom. The second kappa shape index (κ2) is 7.27. The van der Waals surface area contributed by atoms with Gasteiger partial charge in [0, 0.05) is 25.8 Å². The predicted molar refractivity (Wildman–Crippen MR) is 85.0 cm³/mol. The zero-order chi connectivity index (χ0) is 13.9. The number of nitrogens with one attached hydrogen (secondary N) is 1. The summed E-state index contributed by atoms with van der Waals surface area (Å²) >= 11 is 0. The molecule has 1 aromatic rings. The van der Waals surface area contributed by atoms with Crippen LogP contribution in [0.3, 0.4) is 0 Å². The quantitative estimate of drug-likeness (QED) is 0.931. The van der Waals surface area contributed by atoms with E-state index >= 15 is 0 Å². The Balaban J connectivity index is 0.00000161. The molecule has 2 fully saturated rings. The molecule has 3 rings (SSSR count). The summed E-state index contributed by atoms with van der Waals surface area (Å²) in [6.45, 7) is 2.04. The van der Waals surface area contributed by atoms with Crippen molar-refractivity contribution in [3.63, 3.8) is 0 Å². The highest BCUT2D eigenvalue weighted by Crippen LogP contribution is 2.23. The molecular formula is C15H25ClN4O. The van der Waals surface area contributed by atoms with Crippen LogP contribution in [0.2, 0.25) is 0 Å². The Kier molecular flexibility index (Phi) is 5.65. The standard InChI is InChI=1S/C15H24N4O.ClH/c1-18(12-5-2-3-6-12)15(20)14-8-10-19(17-14)13-7-4-9-16-11-13;/h8,10,12-13,16H,2-7,9,11H2,1H3;1H. The maximum Gasteiger partial charge on any atom is 0.274 e. The molecule has 1 saturated carbocycles. The van der Waals surface area contributed by atoms with Gasteiger partial charge in [-0.15, -0.1) is 12.4 Å². The van der Waals surface area contributed by atoms with E-state index in [9.17, 15) is 4.79 Å². The summed E-state index contributed by atoms with van der Waals surface area (Å²) in [4.78, 5) is 14.3. The Labute approximate surface area is 132 Å². The van der Waals surface area contributed by atoms with Crippen molar-refractivity contribution < 1.29 is 4.79 Å². The Bertz CT molecular complexity index is 464. The second-order valence-electron chi connectivity index (χ2n) is 6.04. The summed E-state index contributed by atoms with van der Waals surface area (Å²) < 4.78 is 1.96. The van der Waals surface area contributed by atoms with Crippen molar-refractivity contribution in [2.75, 3.05) is 20.1 Å². The van der Waals surface area contributed by atoms with Crippen LogP contribution in [0.25, 0.3) is 0 Å². The van der Waals surface area contributed by atoms with Crippen LogP contribution in [0.15, 0.2) is 12.3 Å². The number of rotatable bonds is 3. The average molecular weight is 313 g/mol. The van der Waals surface area contributed by atoms with E-state index < -0.39 is 0 Å². The normalized spacial score (nSPS) is 22.8. The van der Waals surface area contributed by atoms with Gasteiger partial charge in [0.1, 0.15) is 5.69 Å². The molecule has 1 N–H and O–H groups in total. The first-order chi connectivity index (χ1) is 9.75. The van der Waals surface area contributed by atoms with E-state index in [1.165, 1.54) is 19.3 Å². The number of piperidine rings is 1. The number of carbonyl (C=O) groups is 1. The van der Waals surface area contributed by atoms with E-state index in [4.69, 9.17) is 0 Å². The first kappa shape index (κ1) is 16.3. The van der Waals surface area contributed by atoms with Crippen molar-refractivity contribution in [3.8, 4) is 0 Å². The third-order valence-corrected chi connectivity index (χ3v) is 4.67. The Morgan fingerprint density at radius 2 is 2.10 bits per heavy atom. The van der Waals surface area contributed by atoms with Crippen molar-refractivity contribution in [1.29, 1.82) is 0 Å². The van der Waals surface area contributed by atoms with Gasteiger partial charge in [-0.3, -0.25) is 9.48 Å². The minimum absolute atomic E-state index is 0. The van der Waals surface area contributed by atoms with Crippen LogP contribution in [-0.2, 0) is 0 Å². The van der Waals surface area contributed by atoms with Gasteiger partial charge >= 0.3 is 0 Å². The van der Waals surface area contributed by atoms with Gasteiger partial charge in [-0.05, 0) is 38.3 Å². The van der Waals surface area contributed by atoms with E-state index in [1.54, 1.807) is 0 Å². The van der Waals surface area contributed by atoms with Gasteiger partial charge in [-0.2, -0.15) is 5.10 Å². The largest absolute Gasteiger partial charge is 0.337 e. The first-order valence-electron chi connectivity index (χ1n) is 7.79. The van der Waals surface area contributed by atoms with E-state index in [0.717, 1.165) is 32.4 Å². The van der Waals surface area contributed by atoms with Crippen molar-refractivity contribution in [2.24, 2.45) is 0 Å². The van der Waals surface area contributed by atoms with Crippen molar-refractivity contribution in [1.82, 2.24) is 20.0 Å². The zero-order valence-corrected chi connectivity index (χ0v) is 13.4. The number of carbonyl (C=O) groups excluding carboxylic acids is 1. The van der Waals surface area contributed by atoms with Gasteiger partial charge in [0.15, 0.2) is 0 Å². The molecule has 2 aliphatic rings. The van der Waals surface area contributed by atoms with Crippen molar-refractivity contribution in [3.05, 3.63) is 18.0 Å². The lowest BCUT2D eigenvalue weighted by Crippen LogP contribution is -2.36. The second-order valence-corrected chi connectivity index (χ2v) is 6.04. The lowest BCUT2D eigenvalue weighted by Gasteiger charge is -2.24. The lowest BCUT2D eigenvalue weighted by atomic mass is 10.1. The molecule has 1 aliphatic heterocycles. The van der Waals surface area contributed by atoms with Crippen LogP contribution in [0.4, 0.5) is 0 Å². The van der Waals surface area contributed by atoms with Gasteiger partial charge in [-0.1, -0.05) is 12.8 Å². The third-order valence-electron chi connectivity index (χ3n) is 4.67. The highest BCUT2D eigenvalue weighted by molar-refractivity contribution is 5.92. The van der Waals surface area contributed by atoms with Crippen LogP contribution >= 0.6 is 12.4 Å². The fourth-order valence-electron chi connectivity index (χ4n) is 3.35. The maximum absolute atomic E-state index is 12.5. The molecule has 118 valence electrons. The number of hydrogen-bond acceptors (Lipinski definition) is 3. The molecule has 1 aliphatic carbocycles. The van der Waals surface area contributed by atoms with Crippen LogP contribution in [0.1, 0.15) is 55.1 Å². The number of nitrogens with zero attached hydrogens (tertiary/aromatic N) is 3. The summed E-state index contributed by atoms with van der Waals surface area (Å²) in [5.41, 5.74) is 0.588. The average Bonchev–Trinajstić information content (AvgIpc) is 3.18. The molecule has 1 aromatic heterocycles. The van der Waals surface area contributed by atoms with Gasteiger partial charge < -0.3 is 10.2 Å². The Morgan fingerprint density at radius 3 is 2.76 bits per heavy atom. The summed E-state index contributed by atoms with van der Waals surface area (Å²) in [6.07, 6.45) is 9.02. The molecule has 0 spiro atoms. The number of aromatic nitrogens is 2.